The van der Waals surface area contributed by atoms with Crippen LogP contribution in [0.2, 0.25) is 0 Å². The first kappa shape index (κ1) is 15.2. The number of nitrogens with one attached hydrogen (secondary N) is 1. The molecule has 1 N–H and O–H groups in total. The minimum atomic E-state index is -3.49. The van der Waals surface area contributed by atoms with Crippen molar-refractivity contribution in [1.29, 1.82) is 0 Å². The van der Waals surface area contributed by atoms with Crippen LogP contribution >= 0.6 is 0 Å². The molecular weight excluding hydrogens is 270 g/mol. The highest BCUT2D eigenvalue weighted by Crippen LogP contribution is 2.17. The average molecular weight is 285 g/mol. The Labute approximate surface area is 111 Å². The summed E-state index contributed by atoms with van der Waals surface area (Å²) >= 11 is 0. The predicted molar refractivity (Wildman–Crippen MR) is 70.7 cm³/mol. The van der Waals surface area contributed by atoms with Gasteiger partial charge in [-0.05, 0) is 19.1 Å². The second kappa shape index (κ2) is 5.83. The van der Waals surface area contributed by atoms with Crippen LogP contribution in [-0.4, -0.2) is 38.9 Å². The standard InChI is InChI=1S/C12H15NO5S/c1-8(19(3,16)17)11(14)13-10-7-5-4-6-9(10)12(15)18-2/h4-8H,1-3H3,(H,13,14). The van der Waals surface area contributed by atoms with Crippen LogP contribution in [0.1, 0.15) is 17.3 Å². The molecule has 0 heterocycles. The maximum absolute atomic E-state index is 11.8. The maximum Gasteiger partial charge on any atom is 0.339 e. The zero-order valence-corrected chi connectivity index (χ0v) is 11.7. The number of carbonyl (C=O) groups is 2. The van der Waals surface area contributed by atoms with Crippen molar-refractivity contribution in [2.45, 2.75) is 12.2 Å². The van der Waals surface area contributed by atoms with Crippen LogP contribution < -0.4 is 5.32 Å². The van der Waals surface area contributed by atoms with Crippen LogP contribution in [-0.2, 0) is 19.4 Å². The van der Waals surface area contributed by atoms with E-state index in [2.05, 4.69) is 10.1 Å². The van der Waals surface area contributed by atoms with Gasteiger partial charge in [-0.2, -0.15) is 0 Å². The molecule has 1 aromatic carbocycles. The topological polar surface area (TPSA) is 89.5 Å². The molecule has 1 rings (SSSR count). The molecule has 0 bridgehead atoms. The normalized spacial score (nSPS) is 12.6. The second-order valence-corrected chi connectivity index (χ2v) is 6.36. The Morgan fingerprint density at radius 2 is 1.84 bits per heavy atom. The molecule has 1 amide bonds. The van der Waals surface area contributed by atoms with Crippen LogP contribution in [0.15, 0.2) is 24.3 Å². The monoisotopic (exact) mass is 285 g/mol. The molecule has 0 radical (unpaired) electrons. The molecule has 19 heavy (non-hydrogen) atoms. The van der Waals surface area contributed by atoms with Gasteiger partial charge in [0.05, 0.1) is 18.4 Å². The first-order valence-corrected chi connectivity index (χ1v) is 7.40. The number of benzene rings is 1. The molecule has 1 atom stereocenters. The summed E-state index contributed by atoms with van der Waals surface area (Å²) in [5, 5.41) is 1.22. The summed E-state index contributed by atoms with van der Waals surface area (Å²) in [7, 11) is -2.27. The Morgan fingerprint density at radius 3 is 2.37 bits per heavy atom. The van der Waals surface area contributed by atoms with Crippen LogP contribution in [0.4, 0.5) is 5.69 Å². The van der Waals surface area contributed by atoms with Gasteiger partial charge in [0.25, 0.3) is 0 Å². The third-order valence-electron chi connectivity index (χ3n) is 2.60. The van der Waals surface area contributed by atoms with Crippen molar-refractivity contribution in [1.82, 2.24) is 0 Å². The fourth-order valence-electron chi connectivity index (χ4n) is 1.31. The van der Waals surface area contributed by atoms with Crippen molar-refractivity contribution in [3.05, 3.63) is 29.8 Å². The largest absolute Gasteiger partial charge is 0.465 e. The van der Waals surface area contributed by atoms with E-state index < -0.39 is 27.0 Å². The summed E-state index contributed by atoms with van der Waals surface area (Å²) in [5.41, 5.74) is 0.383. The van der Waals surface area contributed by atoms with Gasteiger partial charge in [0.15, 0.2) is 9.84 Å². The fraction of sp³-hybridized carbons (Fsp3) is 0.333. The zero-order chi connectivity index (χ0) is 14.6. The Hall–Kier alpha value is -1.89. The quantitative estimate of drug-likeness (QED) is 0.828. The van der Waals surface area contributed by atoms with E-state index >= 15 is 0 Å². The highest BCUT2D eigenvalue weighted by Gasteiger charge is 2.24. The van der Waals surface area contributed by atoms with Crippen molar-refractivity contribution in [2.24, 2.45) is 0 Å². The van der Waals surface area contributed by atoms with E-state index in [9.17, 15) is 18.0 Å². The number of methoxy groups -OCH3 is 1. The first-order chi connectivity index (χ1) is 8.77. The van der Waals surface area contributed by atoms with Gasteiger partial charge in [0.2, 0.25) is 5.91 Å². The van der Waals surface area contributed by atoms with Crippen molar-refractivity contribution < 1.29 is 22.7 Å². The molecule has 0 saturated carbocycles. The summed E-state index contributed by atoms with van der Waals surface area (Å²) in [6, 6.07) is 6.21. The van der Waals surface area contributed by atoms with E-state index in [-0.39, 0.29) is 11.3 Å². The average Bonchev–Trinajstić information content (AvgIpc) is 2.36. The SMILES string of the molecule is COC(=O)c1ccccc1NC(=O)C(C)S(C)(=O)=O. The summed E-state index contributed by atoms with van der Waals surface area (Å²) in [5.74, 6) is -1.30. The van der Waals surface area contributed by atoms with Crippen molar-refractivity contribution in [3.63, 3.8) is 0 Å². The molecule has 0 aromatic heterocycles. The number of anilines is 1. The number of esters is 1. The third-order valence-corrected chi connectivity index (χ3v) is 4.10. The highest BCUT2D eigenvalue weighted by molar-refractivity contribution is 7.92. The maximum atomic E-state index is 11.8. The molecule has 104 valence electrons. The lowest BCUT2D eigenvalue weighted by atomic mass is 10.2. The zero-order valence-electron chi connectivity index (χ0n) is 10.8. The van der Waals surface area contributed by atoms with Crippen LogP contribution in [0, 0.1) is 0 Å². The van der Waals surface area contributed by atoms with E-state index in [1.165, 1.54) is 26.2 Å². The number of amides is 1. The molecule has 0 aliphatic carbocycles. The number of hydrogen-bond donors (Lipinski definition) is 1. The molecule has 1 unspecified atom stereocenters. The Balaban J connectivity index is 3.01. The minimum Gasteiger partial charge on any atom is -0.465 e. The van der Waals surface area contributed by atoms with Crippen LogP contribution in [0.25, 0.3) is 0 Å². The van der Waals surface area contributed by atoms with E-state index in [0.29, 0.717) is 0 Å². The van der Waals surface area contributed by atoms with Crippen molar-refractivity contribution in [2.75, 3.05) is 18.7 Å². The molecule has 0 aliphatic rings. The first-order valence-electron chi connectivity index (χ1n) is 5.44. The summed E-state index contributed by atoms with van der Waals surface area (Å²) < 4.78 is 27.1. The number of rotatable bonds is 4. The van der Waals surface area contributed by atoms with Gasteiger partial charge in [-0.1, -0.05) is 12.1 Å². The minimum absolute atomic E-state index is 0.166. The number of para-hydroxylation sites is 1. The molecule has 0 fully saturated rings. The molecule has 7 heteroatoms. The Kier molecular flexibility index (Phi) is 4.66. The van der Waals surface area contributed by atoms with Gasteiger partial charge in [-0.25, -0.2) is 13.2 Å². The summed E-state index contributed by atoms with van der Waals surface area (Å²) in [6.07, 6.45) is 0.976. The van der Waals surface area contributed by atoms with Gasteiger partial charge in [0, 0.05) is 6.26 Å². The lowest BCUT2D eigenvalue weighted by Crippen LogP contribution is -2.32. The number of carbonyl (C=O) groups excluding carboxylic acids is 2. The molecule has 0 aliphatic heterocycles. The van der Waals surface area contributed by atoms with Crippen LogP contribution in [0.3, 0.4) is 0 Å². The fourth-order valence-corrected chi connectivity index (χ4v) is 1.76. The number of ether oxygens (including phenoxy) is 1. The van der Waals surface area contributed by atoms with Gasteiger partial charge >= 0.3 is 5.97 Å². The van der Waals surface area contributed by atoms with Crippen LogP contribution in [0.5, 0.6) is 0 Å². The van der Waals surface area contributed by atoms with Crippen molar-refractivity contribution >= 4 is 27.4 Å². The Morgan fingerprint density at radius 1 is 1.26 bits per heavy atom. The van der Waals surface area contributed by atoms with E-state index in [4.69, 9.17) is 0 Å². The van der Waals surface area contributed by atoms with E-state index in [0.717, 1.165) is 6.26 Å². The lowest BCUT2D eigenvalue weighted by molar-refractivity contribution is -0.115. The third kappa shape index (κ3) is 3.78. The molecule has 1 aromatic rings. The Bertz CT molecular complexity index is 594. The summed E-state index contributed by atoms with van der Waals surface area (Å²) in [4.78, 5) is 23.3. The molecular formula is C12H15NO5S. The lowest BCUT2D eigenvalue weighted by Gasteiger charge is -2.12. The van der Waals surface area contributed by atoms with Gasteiger partial charge in [0.1, 0.15) is 5.25 Å². The highest BCUT2D eigenvalue weighted by atomic mass is 32.2. The number of hydrogen-bond acceptors (Lipinski definition) is 5. The smallest absolute Gasteiger partial charge is 0.339 e. The molecule has 0 saturated heterocycles. The molecule has 0 spiro atoms. The second-order valence-electron chi connectivity index (χ2n) is 4.00. The van der Waals surface area contributed by atoms with E-state index in [1.807, 2.05) is 0 Å². The number of sulfone groups is 1. The predicted octanol–water partition coefficient (Wildman–Crippen LogP) is 0.845. The van der Waals surface area contributed by atoms with Crippen molar-refractivity contribution in [3.8, 4) is 0 Å². The van der Waals surface area contributed by atoms with Gasteiger partial charge in [-0.3, -0.25) is 4.79 Å². The molecule has 6 nitrogen and oxygen atoms in total. The van der Waals surface area contributed by atoms with Gasteiger partial charge in [-0.15, -0.1) is 0 Å². The van der Waals surface area contributed by atoms with E-state index in [1.54, 1.807) is 12.1 Å². The summed E-state index contributed by atoms with van der Waals surface area (Å²) in [6.45, 7) is 1.28. The van der Waals surface area contributed by atoms with Gasteiger partial charge < -0.3 is 10.1 Å².